The van der Waals surface area contributed by atoms with Gasteiger partial charge in [0.25, 0.3) is 5.91 Å². The molecule has 0 atom stereocenters. The minimum atomic E-state index is -0.604. The second-order valence-electron chi connectivity index (χ2n) is 9.69. The molecule has 0 saturated carbocycles. The van der Waals surface area contributed by atoms with Gasteiger partial charge >= 0.3 is 5.97 Å². The molecule has 0 aliphatic rings. The number of aryl methyl sites for hydroxylation is 1. The van der Waals surface area contributed by atoms with E-state index in [9.17, 15) is 14.0 Å². The Morgan fingerprint density at radius 3 is 2.50 bits per heavy atom. The molecule has 220 valence electrons. The van der Waals surface area contributed by atoms with Crippen LogP contribution in [0.2, 0.25) is 5.02 Å². The van der Waals surface area contributed by atoms with Crippen molar-refractivity contribution in [3.8, 4) is 0 Å². The van der Waals surface area contributed by atoms with Gasteiger partial charge in [0.05, 0.1) is 35.6 Å². The van der Waals surface area contributed by atoms with Gasteiger partial charge in [0, 0.05) is 35.6 Å². The quantitative estimate of drug-likeness (QED) is 0.0974. The molecule has 0 radical (unpaired) electrons. The molecule has 42 heavy (non-hydrogen) atoms. The zero-order chi connectivity index (χ0) is 30.2. The maximum Gasteiger partial charge on any atom is 0.307 e. The first-order valence-electron chi connectivity index (χ1n) is 13.8. The van der Waals surface area contributed by atoms with Crippen molar-refractivity contribution in [1.29, 1.82) is 5.41 Å². The van der Waals surface area contributed by atoms with Crippen LogP contribution in [0.25, 0.3) is 11.0 Å². The van der Waals surface area contributed by atoms with E-state index >= 15 is 0 Å². The summed E-state index contributed by atoms with van der Waals surface area (Å²) in [5.74, 6) is -0.606. The highest BCUT2D eigenvalue weighted by molar-refractivity contribution is 6.31. The Labute approximate surface area is 248 Å². The molecule has 4 N–H and O–H groups in total. The monoisotopic (exact) mass is 592 g/mol. The van der Waals surface area contributed by atoms with Gasteiger partial charge < -0.3 is 25.3 Å². The van der Waals surface area contributed by atoms with Crippen molar-refractivity contribution in [3.63, 3.8) is 0 Å². The molecule has 0 unspecified atom stereocenters. The van der Waals surface area contributed by atoms with Crippen LogP contribution in [0.15, 0.2) is 60.7 Å². The van der Waals surface area contributed by atoms with Crippen molar-refractivity contribution in [2.75, 3.05) is 23.4 Å². The molecule has 1 amide bonds. The summed E-state index contributed by atoms with van der Waals surface area (Å²) in [6.07, 6.45) is 1.93. The highest BCUT2D eigenvalue weighted by Crippen LogP contribution is 2.26. The first-order chi connectivity index (χ1) is 20.2. The van der Waals surface area contributed by atoms with E-state index in [-0.39, 0.29) is 36.3 Å². The number of amides is 1. The Morgan fingerprint density at radius 1 is 1.10 bits per heavy atom. The van der Waals surface area contributed by atoms with Crippen molar-refractivity contribution >= 4 is 51.7 Å². The van der Waals surface area contributed by atoms with E-state index in [4.69, 9.17) is 32.5 Å². The SMILES string of the molecule is CCCCn1c(CNc2ccc(C(=N)N)cc2)nc2cc(C(=O)N(CCC(=O)OCC)c3ccc(F)c(Cl)c3)ccc21. The van der Waals surface area contributed by atoms with E-state index in [1.807, 2.05) is 18.2 Å². The predicted octanol–water partition coefficient (Wildman–Crippen LogP) is 6.13. The number of anilines is 2. The van der Waals surface area contributed by atoms with E-state index in [1.165, 1.54) is 23.1 Å². The summed E-state index contributed by atoms with van der Waals surface area (Å²) < 4.78 is 21.1. The van der Waals surface area contributed by atoms with Gasteiger partial charge in [-0.1, -0.05) is 24.9 Å². The van der Waals surface area contributed by atoms with Gasteiger partial charge in [0.2, 0.25) is 0 Å². The number of carbonyl (C=O) groups excluding carboxylic acids is 2. The lowest BCUT2D eigenvalue weighted by atomic mass is 10.1. The Bertz CT molecular complexity index is 1590. The molecule has 0 fully saturated rings. The highest BCUT2D eigenvalue weighted by atomic mass is 35.5. The normalized spacial score (nSPS) is 11.0. The molecule has 0 saturated heterocycles. The van der Waals surface area contributed by atoms with Crippen molar-refractivity contribution < 1.29 is 18.7 Å². The number of unbranched alkanes of at least 4 members (excludes halogenated alkanes) is 1. The highest BCUT2D eigenvalue weighted by Gasteiger charge is 2.22. The van der Waals surface area contributed by atoms with Gasteiger partial charge in [0.15, 0.2) is 0 Å². The number of halogens is 2. The number of hydrogen-bond acceptors (Lipinski definition) is 6. The van der Waals surface area contributed by atoms with Crippen LogP contribution in [-0.2, 0) is 22.6 Å². The number of rotatable bonds is 13. The van der Waals surface area contributed by atoms with Crippen LogP contribution in [0, 0.1) is 11.2 Å². The van der Waals surface area contributed by atoms with Crippen LogP contribution in [0.1, 0.15) is 54.9 Å². The van der Waals surface area contributed by atoms with E-state index in [2.05, 4.69) is 16.8 Å². The first kappa shape index (κ1) is 30.5. The fourth-order valence-electron chi connectivity index (χ4n) is 4.56. The molecule has 0 aliphatic heterocycles. The third-order valence-electron chi connectivity index (χ3n) is 6.76. The van der Waals surface area contributed by atoms with Gasteiger partial charge in [-0.3, -0.25) is 15.0 Å². The maximum atomic E-state index is 13.9. The molecule has 0 bridgehead atoms. The molecule has 4 aromatic rings. The zero-order valence-electron chi connectivity index (χ0n) is 23.6. The van der Waals surface area contributed by atoms with Crippen molar-refractivity contribution in [2.24, 2.45) is 5.73 Å². The number of esters is 1. The summed E-state index contributed by atoms with van der Waals surface area (Å²) in [6.45, 7) is 5.30. The average Bonchev–Trinajstić information content (AvgIpc) is 3.33. The van der Waals surface area contributed by atoms with E-state index < -0.39 is 11.8 Å². The van der Waals surface area contributed by atoms with Crippen molar-refractivity contribution in [1.82, 2.24) is 9.55 Å². The Balaban J connectivity index is 1.64. The molecule has 11 heteroatoms. The van der Waals surface area contributed by atoms with Gasteiger partial charge in [-0.05, 0) is 74.0 Å². The Morgan fingerprint density at radius 2 is 1.83 bits per heavy atom. The summed E-state index contributed by atoms with van der Waals surface area (Å²) in [6, 6.07) is 16.6. The third kappa shape index (κ3) is 7.25. The number of fused-ring (bicyclic) bond motifs is 1. The fraction of sp³-hybridized carbons (Fsp3) is 0.290. The van der Waals surface area contributed by atoms with Crippen LogP contribution in [0.5, 0.6) is 0 Å². The fourth-order valence-corrected chi connectivity index (χ4v) is 4.73. The standard InChI is InChI=1S/C31H34ClFN6O3/c1-3-5-15-39-27-13-8-21(17-26(27)37-28(39)19-36-22-9-6-20(7-10-22)30(34)35)31(41)38(16-14-29(40)42-4-2)23-11-12-25(33)24(32)18-23/h6-13,17-18,36H,3-5,14-16,19H2,1-2H3,(H3,34,35). The van der Waals surface area contributed by atoms with Gasteiger partial charge in [-0.2, -0.15) is 0 Å². The number of aromatic nitrogens is 2. The molecule has 0 aliphatic carbocycles. The minimum Gasteiger partial charge on any atom is -0.466 e. The lowest BCUT2D eigenvalue weighted by Gasteiger charge is -2.23. The molecule has 4 rings (SSSR count). The molecule has 1 heterocycles. The summed E-state index contributed by atoms with van der Waals surface area (Å²) in [5.41, 5.74) is 9.35. The predicted molar refractivity (Wildman–Crippen MR) is 164 cm³/mol. The number of ether oxygens (including phenoxy) is 1. The molecule has 3 aromatic carbocycles. The second-order valence-corrected chi connectivity index (χ2v) is 10.1. The number of imidazole rings is 1. The van der Waals surface area contributed by atoms with Crippen molar-refractivity contribution in [2.45, 2.75) is 46.2 Å². The maximum absolute atomic E-state index is 13.9. The smallest absolute Gasteiger partial charge is 0.307 e. The van der Waals surface area contributed by atoms with Crippen LogP contribution < -0.4 is 16.0 Å². The summed E-state index contributed by atoms with van der Waals surface area (Å²) in [5, 5.41) is 10.8. The first-order valence-corrected chi connectivity index (χ1v) is 14.2. The number of benzene rings is 3. The van der Waals surface area contributed by atoms with Gasteiger partial charge in [-0.25, -0.2) is 9.37 Å². The van der Waals surface area contributed by atoms with Crippen LogP contribution in [0.4, 0.5) is 15.8 Å². The lowest BCUT2D eigenvalue weighted by Crippen LogP contribution is -2.33. The van der Waals surface area contributed by atoms with Gasteiger partial charge in [0.1, 0.15) is 17.5 Å². The third-order valence-corrected chi connectivity index (χ3v) is 7.05. The topological polar surface area (TPSA) is 126 Å². The second kappa shape index (κ2) is 14.0. The Hall–Kier alpha value is -4.44. The average molecular weight is 593 g/mol. The number of carbonyl (C=O) groups is 2. The number of hydrogen-bond donors (Lipinski definition) is 3. The van der Waals surface area contributed by atoms with Crippen LogP contribution >= 0.6 is 11.6 Å². The van der Waals surface area contributed by atoms with Crippen LogP contribution in [-0.4, -0.2) is 40.4 Å². The summed E-state index contributed by atoms with van der Waals surface area (Å²) >= 11 is 6.02. The largest absolute Gasteiger partial charge is 0.466 e. The molecule has 0 spiro atoms. The van der Waals surface area contributed by atoms with E-state index in [0.717, 1.165) is 36.4 Å². The molecule has 1 aromatic heterocycles. The van der Waals surface area contributed by atoms with Gasteiger partial charge in [-0.15, -0.1) is 0 Å². The molecular weight excluding hydrogens is 559 g/mol. The molecular formula is C31H34ClFN6O3. The van der Waals surface area contributed by atoms with Crippen LogP contribution in [0.3, 0.4) is 0 Å². The number of nitrogens with two attached hydrogens (primary N) is 1. The minimum absolute atomic E-state index is 0.00948. The number of amidine groups is 1. The lowest BCUT2D eigenvalue weighted by molar-refractivity contribution is -0.142. The van der Waals surface area contributed by atoms with E-state index in [1.54, 1.807) is 31.2 Å². The van der Waals surface area contributed by atoms with E-state index in [0.29, 0.717) is 28.9 Å². The van der Waals surface area contributed by atoms with Crippen molar-refractivity contribution in [3.05, 3.63) is 88.5 Å². The number of nitrogen functional groups attached to an aromatic ring is 1. The summed E-state index contributed by atoms with van der Waals surface area (Å²) in [7, 11) is 0. The summed E-state index contributed by atoms with van der Waals surface area (Å²) in [4.78, 5) is 32.1. The number of nitrogens with zero attached hydrogens (tertiary/aromatic N) is 3. The molecule has 9 nitrogen and oxygen atoms in total. The zero-order valence-corrected chi connectivity index (χ0v) is 24.4. The Kier molecular flexibility index (Phi) is 10.1. The number of nitrogens with one attached hydrogen (secondary N) is 2.